The van der Waals surface area contributed by atoms with E-state index in [1.807, 2.05) is 18.2 Å². The third-order valence-corrected chi connectivity index (χ3v) is 3.64. The third kappa shape index (κ3) is 2.06. The first-order valence-corrected chi connectivity index (χ1v) is 5.65. The van der Waals surface area contributed by atoms with E-state index in [2.05, 4.69) is 12.1 Å². The molecule has 82 valence electrons. The molecule has 0 saturated heterocycles. The van der Waals surface area contributed by atoms with Gasteiger partial charge in [-0.2, -0.15) is 0 Å². The molecule has 0 atom stereocenters. The van der Waals surface area contributed by atoms with Crippen LogP contribution in [0.4, 0.5) is 0 Å². The molecule has 2 N–H and O–H groups in total. The van der Waals surface area contributed by atoms with Crippen molar-refractivity contribution in [3.63, 3.8) is 0 Å². The number of nitrogens with one attached hydrogen (secondary N) is 1. The van der Waals surface area contributed by atoms with Crippen LogP contribution in [0.1, 0.15) is 31.2 Å². The van der Waals surface area contributed by atoms with Crippen LogP contribution >= 0.6 is 0 Å². The fraction of sp³-hybridized carbons (Fsp3) is 0.538. The Kier molecular flexibility index (Phi) is 3.08. The summed E-state index contributed by atoms with van der Waals surface area (Å²) in [6.45, 7) is 0.434. The topological polar surface area (TPSA) is 44.0 Å². The summed E-state index contributed by atoms with van der Waals surface area (Å²) in [6, 6.07) is 10.3. The zero-order chi connectivity index (χ0) is 10.7. The summed E-state index contributed by atoms with van der Waals surface area (Å²) in [5.41, 5.74) is 9.04. The second-order valence-corrected chi connectivity index (χ2v) is 4.55. The normalized spacial score (nSPS) is 31.5. The van der Waals surface area contributed by atoms with Gasteiger partial charge in [-0.3, -0.25) is 0 Å². The van der Waals surface area contributed by atoms with E-state index in [1.165, 1.54) is 5.56 Å². The van der Waals surface area contributed by atoms with Crippen molar-refractivity contribution < 1.29 is 5.11 Å². The van der Waals surface area contributed by atoms with Gasteiger partial charge in [0.1, 0.15) is 0 Å². The molecule has 2 heteroatoms. The summed E-state index contributed by atoms with van der Waals surface area (Å²) < 4.78 is 0. The van der Waals surface area contributed by atoms with E-state index in [-0.39, 0.29) is 11.5 Å². The van der Waals surface area contributed by atoms with Crippen LogP contribution in [0.2, 0.25) is 0 Å². The highest BCUT2D eigenvalue weighted by Crippen LogP contribution is 2.39. The lowest BCUT2D eigenvalue weighted by Crippen LogP contribution is -2.35. The molecular weight excluding hydrogens is 186 g/mol. The van der Waals surface area contributed by atoms with E-state index in [9.17, 15) is 5.11 Å². The molecule has 0 spiro atoms. The highest BCUT2D eigenvalue weighted by molar-refractivity contribution is 5.27. The summed E-state index contributed by atoms with van der Waals surface area (Å²) >= 11 is 0. The molecule has 1 aliphatic rings. The lowest BCUT2D eigenvalue weighted by Gasteiger charge is -2.41. The Morgan fingerprint density at radius 1 is 1.20 bits per heavy atom. The average Bonchev–Trinajstić information content (AvgIpc) is 2.32. The fourth-order valence-corrected chi connectivity index (χ4v) is 2.51. The summed E-state index contributed by atoms with van der Waals surface area (Å²) in [6.07, 6.45) is 3.43. The zero-order valence-electron chi connectivity index (χ0n) is 8.95. The highest BCUT2D eigenvalue weighted by Gasteiger charge is 2.32. The predicted octanol–water partition coefficient (Wildman–Crippen LogP) is 2.91. The summed E-state index contributed by atoms with van der Waals surface area (Å²) in [5.74, 6) is 0. The van der Waals surface area contributed by atoms with Crippen molar-refractivity contribution >= 4 is 0 Å². The van der Waals surface area contributed by atoms with Crippen molar-refractivity contribution in [2.75, 3.05) is 6.54 Å². The van der Waals surface area contributed by atoms with Crippen molar-refractivity contribution in [3.05, 3.63) is 41.6 Å². The highest BCUT2D eigenvalue weighted by atomic mass is 16.3. The SMILES string of the molecule is [NH-]CC1(c2ccccc2)CCC(O)CC1. The average molecular weight is 204 g/mol. The minimum absolute atomic E-state index is 0.000486. The molecule has 1 aromatic carbocycles. The van der Waals surface area contributed by atoms with E-state index < -0.39 is 0 Å². The molecule has 0 aromatic heterocycles. The minimum Gasteiger partial charge on any atom is -0.677 e. The lowest BCUT2D eigenvalue weighted by molar-refractivity contribution is 0.0997. The molecule has 0 heterocycles. The predicted molar refractivity (Wildman–Crippen MR) is 61.8 cm³/mol. The maximum absolute atomic E-state index is 9.52. The molecule has 0 aliphatic heterocycles. The molecule has 15 heavy (non-hydrogen) atoms. The zero-order valence-corrected chi connectivity index (χ0v) is 8.95. The van der Waals surface area contributed by atoms with Crippen LogP contribution in [0.5, 0.6) is 0 Å². The van der Waals surface area contributed by atoms with Crippen molar-refractivity contribution in [2.45, 2.75) is 37.2 Å². The second kappa shape index (κ2) is 4.33. The van der Waals surface area contributed by atoms with Gasteiger partial charge in [-0.1, -0.05) is 30.3 Å². The first kappa shape index (κ1) is 10.7. The first-order valence-electron chi connectivity index (χ1n) is 5.65. The second-order valence-electron chi connectivity index (χ2n) is 4.55. The number of aliphatic hydroxyl groups is 1. The van der Waals surface area contributed by atoms with Crippen molar-refractivity contribution in [2.24, 2.45) is 0 Å². The Morgan fingerprint density at radius 2 is 1.80 bits per heavy atom. The quantitative estimate of drug-likeness (QED) is 0.790. The van der Waals surface area contributed by atoms with Gasteiger partial charge < -0.3 is 10.8 Å². The Bertz CT molecular complexity index is 302. The van der Waals surface area contributed by atoms with Gasteiger partial charge in [0.2, 0.25) is 0 Å². The van der Waals surface area contributed by atoms with Gasteiger partial charge >= 0.3 is 0 Å². The van der Waals surface area contributed by atoms with Crippen LogP contribution in [0.25, 0.3) is 5.73 Å². The molecule has 2 nitrogen and oxygen atoms in total. The Morgan fingerprint density at radius 3 is 2.33 bits per heavy atom. The number of rotatable bonds is 2. The van der Waals surface area contributed by atoms with E-state index in [0.29, 0.717) is 6.54 Å². The minimum atomic E-state index is -0.145. The van der Waals surface area contributed by atoms with E-state index in [1.54, 1.807) is 0 Å². The van der Waals surface area contributed by atoms with Gasteiger partial charge in [-0.05, 0) is 36.7 Å². The van der Waals surface area contributed by atoms with E-state index in [0.717, 1.165) is 25.7 Å². The van der Waals surface area contributed by atoms with Crippen molar-refractivity contribution in [3.8, 4) is 0 Å². The lowest BCUT2D eigenvalue weighted by atomic mass is 9.69. The maximum Gasteiger partial charge on any atom is 0.0540 e. The molecule has 1 aliphatic carbocycles. The monoisotopic (exact) mass is 204 g/mol. The molecular formula is C13H18NO-. The molecule has 2 rings (SSSR count). The molecule has 1 saturated carbocycles. The third-order valence-electron chi connectivity index (χ3n) is 3.64. The number of aliphatic hydroxyl groups excluding tert-OH is 1. The smallest absolute Gasteiger partial charge is 0.0540 e. The van der Waals surface area contributed by atoms with E-state index >= 15 is 0 Å². The van der Waals surface area contributed by atoms with Crippen LogP contribution in [-0.2, 0) is 5.41 Å². The standard InChI is InChI=1S/C13H18NO/c14-10-13(8-6-12(15)7-9-13)11-4-2-1-3-5-11/h1-5,12,14-15H,6-10H2/q-1. The van der Waals surface area contributed by atoms with Gasteiger partial charge in [-0.25, -0.2) is 0 Å². The van der Waals surface area contributed by atoms with E-state index in [4.69, 9.17) is 5.73 Å². The Hall–Kier alpha value is -0.860. The Labute approximate surface area is 91.1 Å². The van der Waals surface area contributed by atoms with Gasteiger partial charge in [-0.15, -0.1) is 6.54 Å². The number of hydrogen-bond donors (Lipinski definition) is 1. The number of hydrogen-bond acceptors (Lipinski definition) is 1. The summed E-state index contributed by atoms with van der Waals surface area (Å²) in [4.78, 5) is 0. The van der Waals surface area contributed by atoms with Gasteiger partial charge in [0.25, 0.3) is 0 Å². The largest absolute Gasteiger partial charge is 0.677 e. The number of benzene rings is 1. The van der Waals surface area contributed by atoms with Gasteiger partial charge in [0.05, 0.1) is 6.10 Å². The molecule has 1 aromatic rings. The molecule has 1 fully saturated rings. The van der Waals surface area contributed by atoms with Gasteiger partial charge in [0.15, 0.2) is 0 Å². The molecule has 0 unspecified atom stereocenters. The summed E-state index contributed by atoms with van der Waals surface area (Å²) in [7, 11) is 0. The van der Waals surface area contributed by atoms with Crippen LogP contribution in [0.15, 0.2) is 30.3 Å². The van der Waals surface area contributed by atoms with Crippen LogP contribution in [-0.4, -0.2) is 17.8 Å². The van der Waals surface area contributed by atoms with Gasteiger partial charge in [0, 0.05) is 0 Å². The molecule has 0 radical (unpaired) electrons. The van der Waals surface area contributed by atoms with Crippen molar-refractivity contribution in [1.82, 2.24) is 0 Å². The Balaban J connectivity index is 2.23. The first-order chi connectivity index (χ1) is 7.27. The maximum atomic E-state index is 9.52. The van der Waals surface area contributed by atoms with Crippen LogP contribution in [0.3, 0.4) is 0 Å². The molecule has 0 amide bonds. The summed E-state index contributed by atoms with van der Waals surface area (Å²) in [5, 5.41) is 9.52. The van der Waals surface area contributed by atoms with Crippen LogP contribution < -0.4 is 0 Å². The molecule has 0 bridgehead atoms. The van der Waals surface area contributed by atoms with Crippen LogP contribution in [0, 0.1) is 0 Å². The van der Waals surface area contributed by atoms with Crippen molar-refractivity contribution in [1.29, 1.82) is 0 Å². The fourth-order valence-electron chi connectivity index (χ4n) is 2.51.